The number of nitrogens with zero attached hydrogens (tertiary/aromatic N) is 4. The van der Waals surface area contributed by atoms with E-state index >= 15 is 0 Å². The number of rotatable bonds is 2. The predicted molar refractivity (Wildman–Crippen MR) is 58.1 cm³/mol. The highest BCUT2D eigenvalue weighted by Crippen LogP contribution is 1.97. The molecule has 0 aliphatic carbocycles. The van der Waals surface area contributed by atoms with Crippen LogP contribution in [0.2, 0.25) is 0 Å². The lowest BCUT2D eigenvalue weighted by atomic mass is 10.5. The Balaban J connectivity index is 2.42. The molecule has 0 saturated carbocycles. The van der Waals surface area contributed by atoms with Gasteiger partial charge in [-0.3, -0.25) is 9.20 Å². The molecule has 84 valence electrons. The van der Waals surface area contributed by atoms with Crippen LogP contribution in [-0.2, 0) is 11.3 Å². The molecule has 6 nitrogen and oxygen atoms in total. The monoisotopic (exact) mass is 220 g/mol. The Labute approximate surface area is 91.7 Å². The molecule has 0 atom stereocenters. The van der Waals surface area contributed by atoms with Gasteiger partial charge in [0.25, 0.3) is 0 Å². The summed E-state index contributed by atoms with van der Waals surface area (Å²) in [7, 11) is 3.28. The van der Waals surface area contributed by atoms with Crippen LogP contribution < -0.4 is 5.69 Å². The third-order valence-electron chi connectivity index (χ3n) is 2.32. The molecular weight excluding hydrogens is 208 g/mol. The average Bonchev–Trinajstić information content (AvgIpc) is 2.70. The number of aromatic nitrogens is 3. The average molecular weight is 220 g/mol. The molecule has 2 heterocycles. The molecule has 6 heteroatoms. The van der Waals surface area contributed by atoms with Crippen LogP contribution >= 0.6 is 0 Å². The zero-order valence-electron chi connectivity index (χ0n) is 9.12. The van der Waals surface area contributed by atoms with Crippen LogP contribution in [0.5, 0.6) is 0 Å². The summed E-state index contributed by atoms with van der Waals surface area (Å²) < 4.78 is 2.60. The minimum atomic E-state index is -0.308. The summed E-state index contributed by atoms with van der Waals surface area (Å²) in [4.78, 5) is 24.7. The summed E-state index contributed by atoms with van der Waals surface area (Å²) in [6.07, 6.45) is 3.21. The van der Waals surface area contributed by atoms with E-state index in [0.29, 0.717) is 0 Å². The van der Waals surface area contributed by atoms with Gasteiger partial charge >= 0.3 is 5.69 Å². The summed E-state index contributed by atoms with van der Waals surface area (Å²) in [5, 5.41) is 3.94. The fourth-order valence-electron chi connectivity index (χ4n) is 1.35. The summed E-state index contributed by atoms with van der Waals surface area (Å²) >= 11 is 0. The van der Waals surface area contributed by atoms with E-state index < -0.39 is 0 Å². The van der Waals surface area contributed by atoms with Crippen LogP contribution in [0.3, 0.4) is 0 Å². The fraction of sp³-hybridized carbons (Fsp3) is 0.300. The van der Waals surface area contributed by atoms with E-state index in [1.807, 2.05) is 0 Å². The van der Waals surface area contributed by atoms with Crippen molar-refractivity contribution in [2.75, 3.05) is 14.1 Å². The lowest BCUT2D eigenvalue weighted by Crippen LogP contribution is -2.35. The first-order valence-electron chi connectivity index (χ1n) is 4.83. The van der Waals surface area contributed by atoms with E-state index in [1.54, 1.807) is 38.6 Å². The highest BCUT2D eigenvalue weighted by atomic mass is 16.2. The number of hydrogen-bond donors (Lipinski definition) is 0. The number of hydrogen-bond acceptors (Lipinski definition) is 3. The highest BCUT2D eigenvalue weighted by molar-refractivity contribution is 5.75. The minimum Gasteiger partial charge on any atom is -0.347 e. The summed E-state index contributed by atoms with van der Waals surface area (Å²) in [5.41, 5.74) is 0.413. The number of fused-ring (bicyclic) bond motifs is 1. The van der Waals surface area contributed by atoms with Gasteiger partial charge in [0, 0.05) is 20.3 Å². The second-order valence-corrected chi connectivity index (χ2v) is 3.68. The maximum Gasteiger partial charge on any atom is 0.349 e. The van der Waals surface area contributed by atoms with Gasteiger partial charge in [-0.25, -0.2) is 9.48 Å². The Morgan fingerprint density at radius 1 is 1.50 bits per heavy atom. The molecule has 0 spiro atoms. The first-order chi connectivity index (χ1) is 7.59. The first-order valence-corrected chi connectivity index (χ1v) is 4.83. The van der Waals surface area contributed by atoms with Crippen LogP contribution in [0.1, 0.15) is 0 Å². The standard InChI is InChI=1S/C10H12N4O2/c1-12(2)9(15)7-14-10(16)13-5-3-4-8(13)6-11-14/h3-6H,7H2,1-2H3. The van der Waals surface area contributed by atoms with Gasteiger partial charge in [-0.1, -0.05) is 0 Å². The molecule has 0 radical (unpaired) electrons. The fourth-order valence-corrected chi connectivity index (χ4v) is 1.35. The molecule has 1 amide bonds. The molecule has 0 fully saturated rings. The van der Waals surface area contributed by atoms with Crippen molar-refractivity contribution >= 4 is 11.4 Å². The maximum atomic E-state index is 11.8. The molecule has 0 aliphatic rings. The minimum absolute atomic E-state index is 0.0417. The Kier molecular flexibility index (Phi) is 2.47. The maximum absolute atomic E-state index is 11.8. The van der Waals surface area contributed by atoms with Gasteiger partial charge in [0.05, 0.1) is 11.7 Å². The van der Waals surface area contributed by atoms with Crippen molar-refractivity contribution in [3.8, 4) is 0 Å². The lowest BCUT2D eigenvalue weighted by Gasteiger charge is -2.10. The Morgan fingerprint density at radius 2 is 2.25 bits per heavy atom. The molecule has 0 bridgehead atoms. The second-order valence-electron chi connectivity index (χ2n) is 3.68. The van der Waals surface area contributed by atoms with Gasteiger partial charge in [-0.05, 0) is 12.1 Å². The van der Waals surface area contributed by atoms with Crippen molar-refractivity contribution in [3.63, 3.8) is 0 Å². The van der Waals surface area contributed by atoms with E-state index in [4.69, 9.17) is 0 Å². The van der Waals surface area contributed by atoms with Crippen molar-refractivity contribution in [2.45, 2.75) is 6.54 Å². The predicted octanol–water partition coefficient (Wildman–Crippen LogP) is -0.416. The van der Waals surface area contributed by atoms with Crippen molar-refractivity contribution in [2.24, 2.45) is 0 Å². The van der Waals surface area contributed by atoms with Crippen LogP contribution in [0.4, 0.5) is 0 Å². The number of carbonyl (C=O) groups is 1. The first kappa shape index (κ1) is 10.4. The molecule has 0 aromatic carbocycles. The van der Waals surface area contributed by atoms with E-state index in [0.717, 1.165) is 10.2 Å². The lowest BCUT2D eigenvalue weighted by molar-refractivity contribution is -0.129. The van der Waals surface area contributed by atoms with Crippen LogP contribution in [0, 0.1) is 0 Å². The second kappa shape index (κ2) is 3.80. The van der Waals surface area contributed by atoms with Crippen molar-refractivity contribution in [3.05, 3.63) is 35.0 Å². The smallest absolute Gasteiger partial charge is 0.347 e. The summed E-state index contributed by atoms with van der Waals surface area (Å²) in [6.45, 7) is -0.0417. The van der Waals surface area contributed by atoms with Crippen LogP contribution in [-0.4, -0.2) is 39.1 Å². The molecule has 2 aromatic heterocycles. The molecule has 16 heavy (non-hydrogen) atoms. The van der Waals surface area contributed by atoms with Crippen molar-refractivity contribution < 1.29 is 4.79 Å². The molecule has 2 rings (SSSR count). The van der Waals surface area contributed by atoms with E-state index in [9.17, 15) is 9.59 Å². The Morgan fingerprint density at radius 3 is 2.94 bits per heavy atom. The zero-order chi connectivity index (χ0) is 11.7. The van der Waals surface area contributed by atoms with Gasteiger partial charge in [0.2, 0.25) is 5.91 Å². The van der Waals surface area contributed by atoms with Crippen molar-refractivity contribution in [1.29, 1.82) is 0 Å². The van der Waals surface area contributed by atoms with Gasteiger partial charge in [-0.15, -0.1) is 0 Å². The van der Waals surface area contributed by atoms with Gasteiger partial charge in [-0.2, -0.15) is 5.10 Å². The van der Waals surface area contributed by atoms with Gasteiger partial charge < -0.3 is 4.90 Å². The third-order valence-corrected chi connectivity index (χ3v) is 2.32. The normalized spacial score (nSPS) is 10.6. The Bertz CT molecular complexity index is 582. The quantitative estimate of drug-likeness (QED) is 0.691. The zero-order valence-corrected chi connectivity index (χ0v) is 9.12. The Hall–Kier alpha value is -2.11. The van der Waals surface area contributed by atoms with E-state index in [1.165, 1.54) is 9.30 Å². The molecule has 2 aromatic rings. The molecule has 0 unspecified atom stereocenters. The topological polar surface area (TPSA) is 59.6 Å². The van der Waals surface area contributed by atoms with E-state index in [2.05, 4.69) is 5.10 Å². The molecular formula is C10H12N4O2. The molecule has 0 N–H and O–H groups in total. The van der Waals surface area contributed by atoms with Gasteiger partial charge in [0.1, 0.15) is 6.54 Å². The largest absolute Gasteiger partial charge is 0.349 e. The molecule has 0 saturated heterocycles. The SMILES string of the molecule is CN(C)C(=O)Cn1ncc2cccn2c1=O. The van der Waals surface area contributed by atoms with Crippen LogP contribution in [0.25, 0.3) is 5.52 Å². The van der Waals surface area contributed by atoms with Gasteiger partial charge in [0.15, 0.2) is 0 Å². The molecule has 0 aliphatic heterocycles. The number of carbonyl (C=O) groups excluding carboxylic acids is 1. The third kappa shape index (κ3) is 1.69. The van der Waals surface area contributed by atoms with Crippen molar-refractivity contribution in [1.82, 2.24) is 19.1 Å². The van der Waals surface area contributed by atoms with E-state index in [-0.39, 0.29) is 18.1 Å². The number of amides is 1. The number of likely N-dealkylation sites (N-methyl/N-ethyl adjacent to an activating group) is 1. The van der Waals surface area contributed by atoms with Crippen LogP contribution in [0.15, 0.2) is 29.3 Å². The highest BCUT2D eigenvalue weighted by Gasteiger charge is 2.09. The summed E-state index contributed by atoms with van der Waals surface area (Å²) in [5.74, 6) is -0.166. The summed E-state index contributed by atoms with van der Waals surface area (Å²) in [6, 6.07) is 3.54.